The molecule has 0 aliphatic heterocycles. The van der Waals surface area contributed by atoms with Gasteiger partial charge in [0.15, 0.2) is 0 Å². The minimum atomic E-state index is -0.131. The Bertz CT molecular complexity index is 700. The van der Waals surface area contributed by atoms with Gasteiger partial charge in [-0.1, -0.05) is 12.1 Å². The highest BCUT2D eigenvalue weighted by Crippen LogP contribution is 2.33. The number of hydrogen-bond donors (Lipinski definition) is 1. The topological polar surface area (TPSA) is 56.8 Å². The van der Waals surface area contributed by atoms with Crippen molar-refractivity contribution in [1.29, 1.82) is 0 Å². The Balaban J connectivity index is 2.29. The average Bonchev–Trinajstić information content (AvgIpc) is 2.61. The summed E-state index contributed by atoms with van der Waals surface area (Å²) in [5, 5.41) is 2.91. The van der Waals surface area contributed by atoms with Crippen LogP contribution in [-0.2, 0) is 4.74 Å². The summed E-state index contributed by atoms with van der Waals surface area (Å²) in [5.41, 5.74) is 2.40. The molecular weight excluding hydrogens is 306 g/mol. The van der Waals surface area contributed by atoms with E-state index in [1.54, 1.807) is 27.4 Å². The van der Waals surface area contributed by atoms with Gasteiger partial charge in [0, 0.05) is 30.3 Å². The van der Waals surface area contributed by atoms with Crippen LogP contribution in [0.5, 0.6) is 11.5 Å². The van der Waals surface area contributed by atoms with E-state index in [2.05, 4.69) is 5.32 Å². The molecular formula is C19H23NO4. The summed E-state index contributed by atoms with van der Waals surface area (Å²) in [6.07, 6.45) is 0. The standard InChI is InChI=1S/C19H23NO4/c1-13(12-22-2)20-19(21)15-7-5-6-14(10-15)17-9-8-16(23-3)11-18(17)24-4/h5-11,13H,12H2,1-4H3,(H,20,21)/t13-/m0/s1. The van der Waals surface area contributed by atoms with Crippen LogP contribution in [0, 0.1) is 0 Å². The van der Waals surface area contributed by atoms with Gasteiger partial charge in [-0.05, 0) is 36.8 Å². The van der Waals surface area contributed by atoms with Gasteiger partial charge in [0.05, 0.1) is 20.8 Å². The molecule has 0 aromatic heterocycles. The quantitative estimate of drug-likeness (QED) is 0.848. The molecule has 1 amide bonds. The predicted molar refractivity (Wildman–Crippen MR) is 93.8 cm³/mol. The summed E-state index contributed by atoms with van der Waals surface area (Å²) in [7, 11) is 4.83. The lowest BCUT2D eigenvalue weighted by Gasteiger charge is -2.14. The molecule has 2 aromatic carbocycles. The van der Waals surface area contributed by atoms with E-state index < -0.39 is 0 Å². The highest BCUT2D eigenvalue weighted by atomic mass is 16.5. The molecule has 2 aromatic rings. The van der Waals surface area contributed by atoms with Gasteiger partial charge in [-0.15, -0.1) is 0 Å². The molecule has 24 heavy (non-hydrogen) atoms. The minimum Gasteiger partial charge on any atom is -0.497 e. The number of carbonyl (C=O) groups is 1. The molecule has 0 fully saturated rings. The van der Waals surface area contributed by atoms with E-state index in [0.29, 0.717) is 17.9 Å². The van der Waals surface area contributed by atoms with Gasteiger partial charge in [-0.3, -0.25) is 4.79 Å². The maximum Gasteiger partial charge on any atom is 0.251 e. The molecule has 1 atom stereocenters. The second-order valence-corrected chi connectivity index (χ2v) is 5.48. The normalized spacial score (nSPS) is 11.7. The van der Waals surface area contributed by atoms with Gasteiger partial charge in [0.2, 0.25) is 0 Å². The smallest absolute Gasteiger partial charge is 0.251 e. The average molecular weight is 329 g/mol. The van der Waals surface area contributed by atoms with Crippen LogP contribution in [0.15, 0.2) is 42.5 Å². The Hall–Kier alpha value is -2.53. The van der Waals surface area contributed by atoms with Crippen molar-refractivity contribution in [3.63, 3.8) is 0 Å². The van der Waals surface area contributed by atoms with Gasteiger partial charge in [-0.2, -0.15) is 0 Å². The summed E-state index contributed by atoms with van der Waals surface area (Å²) in [4.78, 5) is 12.4. The summed E-state index contributed by atoms with van der Waals surface area (Å²) in [6, 6.07) is 13.0. The van der Waals surface area contributed by atoms with Crippen LogP contribution in [-0.4, -0.2) is 39.9 Å². The Morgan fingerprint density at radius 1 is 1.08 bits per heavy atom. The molecule has 5 heteroatoms. The number of amides is 1. The molecule has 0 saturated carbocycles. The fraction of sp³-hybridized carbons (Fsp3) is 0.316. The van der Waals surface area contributed by atoms with Crippen molar-refractivity contribution in [2.45, 2.75) is 13.0 Å². The number of methoxy groups -OCH3 is 3. The first-order chi connectivity index (χ1) is 11.6. The predicted octanol–water partition coefficient (Wildman–Crippen LogP) is 3.14. The Morgan fingerprint density at radius 2 is 1.88 bits per heavy atom. The van der Waals surface area contributed by atoms with E-state index in [1.807, 2.05) is 43.3 Å². The summed E-state index contributed by atoms with van der Waals surface area (Å²) in [5.74, 6) is 1.28. The van der Waals surface area contributed by atoms with Crippen molar-refractivity contribution in [2.24, 2.45) is 0 Å². The van der Waals surface area contributed by atoms with Crippen LogP contribution in [0.1, 0.15) is 17.3 Å². The molecule has 0 aliphatic carbocycles. The lowest BCUT2D eigenvalue weighted by molar-refractivity contribution is 0.0905. The van der Waals surface area contributed by atoms with E-state index in [4.69, 9.17) is 14.2 Å². The highest BCUT2D eigenvalue weighted by Gasteiger charge is 2.12. The zero-order chi connectivity index (χ0) is 17.5. The van der Waals surface area contributed by atoms with Crippen molar-refractivity contribution >= 4 is 5.91 Å². The molecule has 0 unspecified atom stereocenters. The Morgan fingerprint density at radius 3 is 2.54 bits per heavy atom. The molecule has 0 spiro atoms. The lowest BCUT2D eigenvalue weighted by atomic mass is 10.0. The third kappa shape index (κ3) is 4.26. The molecule has 0 saturated heterocycles. The van der Waals surface area contributed by atoms with Crippen LogP contribution in [0.3, 0.4) is 0 Å². The molecule has 2 rings (SSSR count). The fourth-order valence-electron chi connectivity index (χ4n) is 2.46. The summed E-state index contributed by atoms with van der Waals surface area (Å²) < 4.78 is 15.7. The SMILES string of the molecule is COC[C@H](C)NC(=O)c1cccc(-c2ccc(OC)cc2OC)c1. The van der Waals surface area contributed by atoms with Crippen molar-refractivity contribution < 1.29 is 19.0 Å². The number of ether oxygens (including phenoxy) is 3. The summed E-state index contributed by atoms with van der Waals surface area (Å²) in [6.45, 7) is 2.37. The summed E-state index contributed by atoms with van der Waals surface area (Å²) >= 11 is 0. The monoisotopic (exact) mass is 329 g/mol. The Kier molecular flexibility index (Phi) is 6.21. The van der Waals surface area contributed by atoms with Gasteiger partial charge in [0.1, 0.15) is 11.5 Å². The molecule has 0 heterocycles. The van der Waals surface area contributed by atoms with Crippen molar-refractivity contribution in [3.8, 4) is 22.6 Å². The van der Waals surface area contributed by atoms with Gasteiger partial charge >= 0.3 is 0 Å². The van der Waals surface area contributed by atoms with E-state index in [-0.39, 0.29) is 11.9 Å². The first kappa shape index (κ1) is 17.8. The molecule has 128 valence electrons. The lowest BCUT2D eigenvalue weighted by Crippen LogP contribution is -2.35. The van der Waals surface area contributed by atoms with Crippen molar-refractivity contribution in [3.05, 3.63) is 48.0 Å². The number of hydrogen-bond acceptors (Lipinski definition) is 4. The van der Waals surface area contributed by atoms with E-state index in [9.17, 15) is 4.79 Å². The first-order valence-corrected chi connectivity index (χ1v) is 7.71. The van der Waals surface area contributed by atoms with E-state index in [1.165, 1.54) is 0 Å². The van der Waals surface area contributed by atoms with E-state index >= 15 is 0 Å². The van der Waals surface area contributed by atoms with Gasteiger partial charge in [-0.25, -0.2) is 0 Å². The maximum absolute atomic E-state index is 12.4. The second kappa shape index (κ2) is 8.36. The zero-order valence-electron chi connectivity index (χ0n) is 14.5. The largest absolute Gasteiger partial charge is 0.497 e. The number of nitrogens with one attached hydrogen (secondary N) is 1. The van der Waals surface area contributed by atoms with Crippen LogP contribution >= 0.6 is 0 Å². The van der Waals surface area contributed by atoms with E-state index in [0.717, 1.165) is 16.9 Å². The molecule has 0 radical (unpaired) electrons. The molecule has 0 bridgehead atoms. The number of rotatable bonds is 7. The molecule has 1 N–H and O–H groups in total. The third-order valence-corrected chi connectivity index (χ3v) is 3.64. The fourth-order valence-corrected chi connectivity index (χ4v) is 2.46. The van der Waals surface area contributed by atoms with Gasteiger partial charge in [0.25, 0.3) is 5.91 Å². The first-order valence-electron chi connectivity index (χ1n) is 7.71. The zero-order valence-corrected chi connectivity index (χ0v) is 14.5. The van der Waals surface area contributed by atoms with Crippen molar-refractivity contribution in [2.75, 3.05) is 27.9 Å². The number of carbonyl (C=O) groups excluding carboxylic acids is 1. The van der Waals surface area contributed by atoms with Crippen LogP contribution in [0.4, 0.5) is 0 Å². The second-order valence-electron chi connectivity index (χ2n) is 5.48. The number of benzene rings is 2. The van der Waals surface area contributed by atoms with Crippen LogP contribution in [0.2, 0.25) is 0 Å². The highest BCUT2D eigenvalue weighted by molar-refractivity contribution is 5.95. The van der Waals surface area contributed by atoms with Gasteiger partial charge < -0.3 is 19.5 Å². The molecule has 0 aliphatic rings. The van der Waals surface area contributed by atoms with Crippen molar-refractivity contribution in [1.82, 2.24) is 5.32 Å². The molecule has 5 nitrogen and oxygen atoms in total. The van der Waals surface area contributed by atoms with Crippen LogP contribution < -0.4 is 14.8 Å². The third-order valence-electron chi connectivity index (χ3n) is 3.64. The Labute approximate surface area is 142 Å². The van der Waals surface area contributed by atoms with Crippen LogP contribution in [0.25, 0.3) is 11.1 Å². The maximum atomic E-state index is 12.4. The minimum absolute atomic E-state index is 0.0540.